The molecule has 0 fully saturated rings. The van der Waals surface area contributed by atoms with E-state index in [1.165, 1.54) is 30.3 Å². The van der Waals surface area contributed by atoms with Crippen LogP contribution in [-0.2, 0) is 10.0 Å². The molecular weight excluding hydrogens is 391 g/mol. The maximum Gasteiger partial charge on any atom is 0.262 e. The maximum atomic E-state index is 13.3. The number of hydrogen-bond acceptors (Lipinski definition) is 3. The summed E-state index contributed by atoms with van der Waals surface area (Å²) in [4.78, 5) is 12.5. The smallest absolute Gasteiger partial charge is 0.262 e. The number of amides is 1. The van der Waals surface area contributed by atoms with Gasteiger partial charge < -0.3 is 5.32 Å². The van der Waals surface area contributed by atoms with E-state index in [4.69, 9.17) is 0 Å². The predicted molar refractivity (Wildman–Crippen MR) is 112 cm³/mol. The molecule has 0 unspecified atom stereocenters. The lowest BCUT2D eigenvalue weighted by atomic mass is 10.1. The number of carbonyl (C=O) groups is 1. The number of anilines is 2. The summed E-state index contributed by atoms with van der Waals surface area (Å²) in [6.45, 7) is 5.35. The summed E-state index contributed by atoms with van der Waals surface area (Å²) in [5, 5.41) is 2.57. The molecule has 0 heterocycles. The van der Waals surface area contributed by atoms with E-state index >= 15 is 0 Å². The van der Waals surface area contributed by atoms with Crippen molar-refractivity contribution >= 4 is 27.3 Å². The molecule has 0 radical (unpaired) electrons. The Morgan fingerprint density at radius 3 is 2.34 bits per heavy atom. The number of rotatable bonds is 5. The second kappa shape index (κ2) is 8.05. The minimum absolute atomic E-state index is 0.00491. The van der Waals surface area contributed by atoms with E-state index in [0.717, 1.165) is 11.1 Å². The molecule has 0 aliphatic heterocycles. The van der Waals surface area contributed by atoms with E-state index < -0.39 is 21.7 Å². The second-order valence-corrected chi connectivity index (χ2v) is 8.52. The minimum atomic E-state index is -3.91. The number of carbonyl (C=O) groups excluding carboxylic acids is 1. The van der Waals surface area contributed by atoms with Gasteiger partial charge in [0.2, 0.25) is 0 Å². The molecule has 7 heteroatoms. The molecule has 0 aliphatic carbocycles. The Hall–Kier alpha value is -3.19. The summed E-state index contributed by atoms with van der Waals surface area (Å²) in [7, 11) is -3.91. The first kappa shape index (κ1) is 20.5. The van der Waals surface area contributed by atoms with Crippen molar-refractivity contribution in [2.24, 2.45) is 0 Å². The van der Waals surface area contributed by atoms with Gasteiger partial charge in [-0.05, 0) is 73.9 Å². The van der Waals surface area contributed by atoms with E-state index in [1.54, 1.807) is 25.1 Å². The molecule has 5 nitrogen and oxygen atoms in total. The monoisotopic (exact) mass is 412 g/mol. The first-order chi connectivity index (χ1) is 13.7. The van der Waals surface area contributed by atoms with Crippen LogP contribution in [0.2, 0.25) is 0 Å². The molecule has 0 atom stereocenters. The summed E-state index contributed by atoms with van der Waals surface area (Å²) in [5.74, 6) is -1.01. The van der Waals surface area contributed by atoms with Gasteiger partial charge in [0, 0.05) is 11.3 Å². The molecule has 150 valence electrons. The highest BCUT2D eigenvalue weighted by Crippen LogP contribution is 2.24. The highest BCUT2D eigenvalue weighted by Gasteiger charge is 2.20. The molecule has 0 saturated carbocycles. The highest BCUT2D eigenvalue weighted by molar-refractivity contribution is 7.92. The molecule has 0 aromatic heterocycles. The number of aryl methyl sites for hydroxylation is 3. The molecule has 3 aromatic carbocycles. The van der Waals surface area contributed by atoms with Gasteiger partial charge >= 0.3 is 0 Å². The van der Waals surface area contributed by atoms with Crippen molar-refractivity contribution in [3.63, 3.8) is 0 Å². The van der Waals surface area contributed by atoms with Crippen LogP contribution in [0, 0.1) is 26.6 Å². The fraction of sp³-hybridized carbons (Fsp3) is 0.136. The van der Waals surface area contributed by atoms with E-state index in [0.29, 0.717) is 11.3 Å². The third-order valence-corrected chi connectivity index (χ3v) is 5.97. The zero-order chi connectivity index (χ0) is 21.2. The largest absolute Gasteiger partial charge is 0.322 e. The zero-order valence-electron chi connectivity index (χ0n) is 16.3. The molecule has 3 rings (SSSR count). The fourth-order valence-electron chi connectivity index (χ4n) is 2.85. The van der Waals surface area contributed by atoms with Crippen LogP contribution in [0.15, 0.2) is 65.6 Å². The SMILES string of the molecule is Cc1ccc(C)c(NS(=O)(=O)c2cc(C(=O)Nc3cccc(F)c3)ccc2C)c1. The van der Waals surface area contributed by atoms with Crippen molar-refractivity contribution in [2.45, 2.75) is 25.7 Å². The Balaban J connectivity index is 1.91. The van der Waals surface area contributed by atoms with Crippen LogP contribution >= 0.6 is 0 Å². The average molecular weight is 412 g/mol. The summed E-state index contributed by atoms with van der Waals surface area (Å²) in [5.41, 5.74) is 3.14. The van der Waals surface area contributed by atoms with Crippen molar-refractivity contribution in [2.75, 3.05) is 10.0 Å². The summed E-state index contributed by atoms with van der Waals surface area (Å²) < 4.78 is 41.9. The number of nitrogens with one attached hydrogen (secondary N) is 2. The highest BCUT2D eigenvalue weighted by atomic mass is 32.2. The van der Waals surface area contributed by atoms with Gasteiger partial charge in [-0.3, -0.25) is 9.52 Å². The predicted octanol–water partition coefficient (Wildman–Crippen LogP) is 4.80. The lowest BCUT2D eigenvalue weighted by Crippen LogP contribution is -2.17. The van der Waals surface area contributed by atoms with Gasteiger partial charge in [-0.2, -0.15) is 0 Å². The quantitative estimate of drug-likeness (QED) is 0.632. The van der Waals surface area contributed by atoms with E-state index in [9.17, 15) is 17.6 Å². The Morgan fingerprint density at radius 2 is 1.62 bits per heavy atom. The van der Waals surface area contributed by atoms with Gasteiger partial charge in [0.1, 0.15) is 5.82 Å². The number of benzene rings is 3. The van der Waals surface area contributed by atoms with Crippen molar-refractivity contribution in [3.05, 3.63) is 88.7 Å². The van der Waals surface area contributed by atoms with Gasteiger partial charge in [-0.15, -0.1) is 0 Å². The Morgan fingerprint density at radius 1 is 0.897 bits per heavy atom. The molecule has 1 amide bonds. The second-order valence-electron chi connectivity index (χ2n) is 6.87. The molecule has 29 heavy (non-hydrogen) atoms. The number of hydrogen-bond donors (Lipinski definition) is 2. The first-order valence-electron chi connectivity index (χ1n) is 8.93. The van der Waals surface area contributed by atoms with Gasteiger partial charge in [0.05, 0.1) is 10.6 Å². The molecule has 2 N–H and O–H groups in total. The molecule has 3 aromatic rings. The van der Waals surface area contributed by atoms with Crippen LogP contribution in [0.25, 0.3) is 0 Å². The third kappa shape index (κ3) is 4.81. The molecule has 0 saturated heterocycles. The Bertz CT molecular complexity index is 1190. The van der Waals surface area contributed by atoms with Crippen LogP contribution in [0.3, 0.4) is 0 Å². The van der Waals surface area contributed by atoms with E-state index in [-0.39, 0.29) is 16.1 Å². The van der Waals surface area contributed by atoms with Crippen LogP contribution in [0.5, 0.6) is 0 Å². The summed E-state index contributed by atoms with van der Waals surface area (Å²) >= 11 is 0. The molecule has 0 spiro atoms. The summed E-state index contributed by atoms with van der Waals surface area (Å²) in [6, 6.07) is 15.4. The lowest BCUT2D eigenvalue weighted by Gasteiger charge is -2.14. The zero-order valence-corrected chi connectivity index (χ0v) is 17.1. The van der Waals surface area contributed by atoms with Gasteiger partial charge in [0.25, 0.3) is 15.9 Å². The average Bonchev–Trinajstić information content (AvgIpc) is 2.64. The Kier molecular flexibility index (Phi) is 5.70. The first-order valence-corrected chi connectivity index (χ1v) is 10.4. The fourth-order valence-corrected chi connectivity index (χ4v) is 4.24. The topological polar surface area (TPSA) is 75.3 Å². The van der Waals surface area contributed by atoms with E-state index in [2.05, 4.69) is 10.0 Å². The number of halogens is 1. The normalized spacial score (nSPS) is 11.2. The molecule has 0 aliphatic rings. The lowest BCUT2D eigenvalue weighted by molar-refractivity contribution is 0.102. The maximum absolute atomic E-state index is 13.3. The van der Waals surface area contributed by atoms with Crippen molar-refractivity contribution < 1.29 is 17.6 Å². The standard InChI is InChI=1S/C22H21FN2O3S/c1-14-7-8-15(2)20(11-14)25-29(27,28)21-12-17(10-9-16(21)3)22(26)24-19-6-4-5-18(23)13-19/h4-13,25H,1-3H3,(H,24,26). The van der Waals surface area contributed by atoms with Crippen LogP contribution in [0.4, 0.5) is 15.8 Å². The van der Waals surface area contributed by atoms with Crippen LogP contribution < -0.4 is 10.0 Å². The van der Waals surface area contributed by atoms with E-state index in [1.807, 2.05) is 26.0 Å². The van der Waals surface area contributed by atoms with Crippen molar-refractivity contribution in [1.82, 2.24) is 0 Å². The van der Waals surface area contributed by atoms with Gasteiger partial charge in [0.15, 0.2) is 0 Å². The minimum Gasteiger partial charge on any atom is -0.322 e. The Labute approximate surface area is 169 Å². The van der Waals surface area contributed by atoms with Crippen molar-refractivity contribution in [1.29, 1.82) is 0 Å². The number of sulfonamides is 1. The van der Waals surface area contributed by atoms with Gasteiger partial charge in [-0.1, -0.05) is 24.3 Å². The summed E-state index contributed by atoms with van der Waals surface area (Å²) in [6.07, 6.45) is 0. The third-order valence-electron chi connectivity index (χ3n) is 4.46. The van der Waals surface area contributed by atoms with Gasteiger partial charge in [-0.25, -0.2) is 12.8 Å². The molecule has 0 bridgehead atoms. The molecular formula is C22H21FN2O3S. The van der Waals surface area contributed by atoms with Crippen LogP contribution in [0.1, 0.15) is 27.0 Å². The van der Waals surface area contributed by atoms with Crippen LogP contribution in [-0.4, -0.2) is 14.3 Å². The van der Waals surface area contributed by atoms with Crippen molar-refractivity contribution in [3.8, 4) is 0 Å².